The van der Waals surface area contributed by atoms with Crippen molar-refractivity contribution in [3.63, 3.8) is 0 Å². The van der Waals surface area contributed by atoms with E-state index in [1.165, 1.54) is 5.56 Å². The highest BCUT2D eigenvalue weighted by Crippen LogP contribution is 2.31. The molecule has 150 valence electrons. The summed E-state index contributed by atoms with van der Waals surface area (Å²) in [5, 5.41) is 3.81. The monoisotopic (exact) mass is 427 g/mol. The number of amides is 1. The number of halogens is 2. The third kappa shape index (κ3) is 4.89. The largest absolute Gasteiger partial charge is 0.328 e. The maximum atomic E-state index is 12.8. The van der Waals surface area contributed by atoms with Crippen molar-refractivity contribution in [1.82, 2.24) is 4.98 Å². The number of nitrogens with zero attached hydrogens (tertiary/aromatic N) is 2. The van der Waals surface area contributed by atoms with Gasteiger partial charge in [-0.2, -0.15) is 0 Å². The summed E-state index contributed by atoms with van der Waals surface area (Å²) in [7, 11) is 1.84. The van der Waals surface area contributed by atoms with E-state index in [9.17, 15) is 4.79 Å². The molecule has 0 radical (unpaired) electrons. The second kappa shape index (κ2) is 8.44. The predicted octanol–water partition coefficient (Wildman–Crippen LogP) is 6.71. The van der Waals surface area contributed by atoms with E-state index < -0.39 is 0 Å². The lowest BCUT2D eigenvalue weighted by molar-refractivity contribution is 0.102. The first-order chi connectivity index (χ1) is 13.7. The lowest BCUT2D eigenvalue weighted by Crippen LogP contribution is -2.16. The molecule has 1 amide bonds. The number of pyridine rings is 1. The number of hydrogen-bond donors (Lipinski definition) is 1. The van der Waals surface area contributed by atoms with Crippen molar-refractivity contribution >= 4 is 46.3 Å². The van der Waals surface area contributed by atoms with Crippen LogP contribution in [0.2, 0.25) is 10.0 Å². The second-order valence-corrected chi connectivity index (χ2v) is 8.63. The van der Waals surface area contributed by atoms with E-state index in [1.807, 2.05) is 42.3 Å². The molecule has 0 spiro atoms. The fraction of sp³-hybridized carbons (Fsp3) is 0.217. The Hall–Kier alpha value is -2.56. The van der Waals surface area contributed by atoms with E-state index >= 15 is 0 Å². The molecule has 0 aliphatic carbocycles. The van der Waals surface area contributed by atoms with E-state index in [0.717, 1.165) is 5.69 Å². The van der Waals surface area contributed by atoms with Crippen molar-refractivity contribution in [2.24, 2.45) is 0 Å². The quantitative estimate of drug-likeness (QED) is 0.503. The van der Waals surface area contributed by atoms with Crippen LogP contribution in [0.15, 0.2) is 60.8 Å². The Morgan fingerprint density at radius 2 is 1.69 bits per heavy atom. The van der Waals surface area contributed by atoms with Crippen molar-refractivity contribution in [2.75, 3.05) is 17.3 Å². The number of carbonyl (C=O) groups is 1. The highest BCUT2D eigenvalue weighted by Gasteiger charge is 2.17. The average molecular weight is 428 g/mol. The van der Waals surface area contributed by atoms with Crippen LogP contribution in [0, 0.1) is 0 Å². The predicted molar refractivity (Wildman–Crippen MR) is 122 cm³/mol. The number of hydrogen-bond acceptors (Lipinski definition) is 3. The van der Waals surface area contributed by atoms with Gasteiger partial charge < -0.3 is 10.2 Å². The van der Waals surface area contributed by atoms with Gasteiger partial charge in [0, 0.05) is 24.6 Å². The fourth-order valence-electron chi connectivity index (χ4n) is 2.89. The normalized spacial score (nSPS) is 11.2. The van der Waals surface area contributed by atoms with Gasteiger partial charge in [-0.25, -0.2) is 4.98 Å². The summed E-state index contributed by atoms with van der Waals surface area (Å²) in [4.78, 5) is 19.0. The zero-order valence-electron chi connectivity index (χ0n) is 16.8. The van der Waals surface area contributed by atoms with Gasteiger partial charge in [0.15, 0.2) is 5.82 Å². The Morgan fingerprint density at radius 1 is 1.00 bits per heavy atom. The maximum absolute atomic E-state index is 12.8. The number of aromatic nitrogens is 1. The van der Waals surface area contributed by atoms with E-state index in [-0.39, 0.29) is 11.3 Å². The Bertz CT molecular complexity index is 1030. The minimum absolute atomic E-state index is 0.0531. The molecule has 0 bridgehead atoms. The number of rotatable bonds is 4. The Labute approximate surface area is 181 Å². The van der Waals surface area contributed by atoms with Crippen molar-refractivity contribution in [3.8, 4) is 0 Å². The van der Waals surface area contributed by atoms with E-state index in [4.69, 9.17) is 23.2 Å². The van der Waals surface area contributed by atoms with Gasteiger partial charge in [0.1, 0.15) is 0 Å². The summed E-state index contributed by atoms with van der Waals surface area (Å²) in [5.74, 6) is 0.321. The smallest absolute Gasteiger partial charge is 0.257 e. The number of carbonyl (C=O) groups excluding carboxylic acids is 1. The van der Waals surface area contributed by atoms with Crippen LogP contribution in [-0.2, 0) is 5.41 Å². The van der Waals surface area contributed by atoms with Crippen molar-refractivity contribution in [3.05, 3.63) is 82.0 Å². The molecule has 1 aromatic heterocycles. The van der Waals surface area contributed by atoms with Crippen LogP contribution >= 0.6 is 23.2 Å². The third-order valence-electron chi connectivity index (χ3n) is 4.65. The minimum Gasteiger partial charge on any atom is -0.328 e. The fourth-order valence-corrected chi connectivity index (χ4v) is 3.35. The van der Waals surface area contributed by atoms with Crippen LogP contribution in [0.5, 0.6) is 0 Å². The Morgan fingerprint density at radius 3 is 2.31 bits per heavy atom. The van der Waals surface area contributed by atoms with Crippen LogP contribution < -0.4 is 10.2 Å². The molecule has 29 heavy (non-hydrogen) atoms. The first-order valence-corrected chi connectivity index (χ1v) is 9.98. The van der Waals surface area contributed by atoms with E-state index in [2.05, 4.69) is 31.1 Å². The Balaban J connectivity index is 1.84. The molecule has 0 aliphatic rings. The second-order valence-electron chi connectivity index (χ2n) is 7.81. The van der Waals surface area contributed by atoms with Gasteiger partial charge in [0.2, 0.25) is 0 Å². The van der Waals surface area contributed by atoms with Gasteiger partial charge in [-0.1, -0.05) is 56.1 Å². The first kappa shape index (κ1) is 21.2. The molecule has 0 atom stereocenters. The lowest BCUT2D eigenvalue weighted by atomic mass is 9.87. The Kier molecular flexibility index (Phi) is 6.15. The highest BCUT2D eigenvalue weighted by molar-refractivity contribution is 6.34. The number of benzene rings is 2. The zero-order chi connectivity index (χ0) is 21.2. The summed E-state index contributed by atoms with van der Waals surface area (Å²) in [6.45, 7) is 6.45. The molecular formula is C23H23Cl2N3O. The molecule has 2 aromatic carbocycles. The molecule has 3 rings (SSSR count). The maximum Gasteiger partial charge on any atom is 0.257 e. The molecule has 0 saturated carbocycles. The van der Waals surface area contributed by atoms with Gasteiger partial charge in [0.25, 0.3) is 5.91 Å². The van der Waals surface area contributed by atoms with Crippen molar-refractivity contribution < 1.29 is 4.79 Å². The minimum atomic E-state index is -0.277. The first-order valence-electron chi connectivity index (χ1n) is 9.22. The van der Waals surface area contributed by atoms with Crippen LogP contribution in [0.3, 0.4) is 0 Å². The number of nitrogens with one attached hydrogen (secondary N) is 1. The van der Waals surface area contributed by atoms with E-state index in [1.54, 1.807) is 30.5 Å². The molecule has 1 N–H and O–H groups in total. The van der Waals surface area contributed by atoms with Crippen molar-refractivity contribution in [2.45, 2.75) is 26.2 Å². The molecule has 0 fully saturated rings. The van der Waals surface area contributed by atoms with Gasteiger partial charge in [-0.3, -0.25) is 4.79 Å². The van der Waals surface area contributed by atoms with Gasteiger partial charge in [-0.15, -0.1) is 0 Å². The summed E-state index contributed by atoms with van der Waals surface area (Å²) in [6.07, 6.45) is 1.67. The highest BCUT2D eigenvalue weighted by atomic mass is 35.5. The summed E-state index contributed by atoms with van der Waals surface area (Å²) >= 11 is 12.5. The van der Waals surface area contributed by atoms with Gasteiger partial charge in [0.05, 0.1) is 15.6 Å². The molecular weight excluding hydrogens is 405 g/mol. The van der Waals surface area contributed by atoms with E-state index in [0.29, 0.717) is 27.1 Å². The average Bonchev–Trinajstić information content (AvgIpc) is 2.68. The van der Waals surface area contributed by atoms with Gasteiger partial charge >= 0.3 is 0 Å². The molecule has 0 aliphatic heterocycles. The summed E-state index contributed by atoms with van der Waals surface area (Å²) < 4.78 is 0. The van der Waals surface area contributed by atoms with Crippen LogP contribution in [0.1, 0.15) is 36.7 Å². The SMILES string of the molecule is CN(c1ccc(Cl)c(C(=O)Nc2ccc(C(C)(C)C)cc2)c1)c1ncccc1Cl. The number of anilines is 3. The molecule has 4 nitrogen and oxygen atoms in total. The summed E-state index contributed by atoms with van der Waals surface area (Å²) in [6, 6.07) is 16.6. The third-order valence-corrected chi connectivity index (χ3v) is 5.27. The molecule has 1 heterocycles. The summed E-state index contributed by atoms with van der Waals surface area (Å²) in [5.41, 5.74) is 3.10. The van der Waals surface area contributed by atoms with Gasteiger partial charge in [-0.05, 0) is 53.4 Å². The topological polar surface area (TPSA) is 45.2 Å². The standard InChI is InChI=1S/C23H23Cl2N3O/c1-23(2,3)15-7-9-16(10-8-15)27-22(29)18-14-17(11-12-19(18)24)28(4)21-20(25)6-5-13-26-21/h5-14H,1-4H3,(H,27,29). The molecule has 0 unspecified atom stereocenters. The molecule has 3 aromatic rings. The molecule has 6 heteroatoms. The van der Waals surface area contributed by atoms with Crippen LogP contribution in [0.4, 0.5) is 17.2 Å². The molecule has 0 saturated heterocycles. The lowest BCUT2D eigenvalue weighted by Gasteiger charge is -2.21. The van der Waals surface area contributed by atoms with Crippen molar-refractivity contribution in [1.29, 1.82) is 0 Å². The zero-order valence-corrected chi connectivity index (χ0v) is 18.3. The van der Waals surface area contributed by atoms with Crippen LogP contribution in [-0.4, -0.2) is 17.9 Å². The van der Waals surface area contributed by atoms with Crippen LogP contribution in [0.25, 0.3) is 0 Å².